The van der Waals surface area contributed by atoms with E-state index in [0.717, 1.165) is 31.4 Å². The fraction of sp³-hybridized carbons (Fsp3) is 0.417. The summed E-state index contributed by atoms with van der Waals surface area (Å²) in [5.74, 6) is 0.957. The molecule has 4 heteroatoms. The molecular formula is C12H14N2O2. The minimum Gasteiger partial charge on any atom is -0.496 e. The SMILES string of the molecule is COc1cccc2c1CN(C1=NCCO1)C2. The zero-order valence-corrected chi connectivity index (χ0v) is 9.27. The van der Waals surface area contributed by atoms with Crippen LogP contribution in [-0.2, 0) is 17.8 Å². The predicted molar refractivity (Wildman–Crippen MR) is 60.5 cm³/mol. The Bertz CT molecular complexity index is 443. The van der Waals surface area contributed by atoms with Gasteiger partial charge in [-0.05, 0) is 11.6 Å². The van der Waals surface area contributed by atoms with Crippen LogP contribution in [0.3, 0.4) is 0 Å². The zero-order valence-electron chi connectivity index (χ0n) is 9.27. The smallest absolute Gasteiger partial charge is 0.288 e. The lowest BCUT2D eigenvalue weighted by Crippen LogP contribution is -2.25. The second-order valence-corrected chi connectivity index (χ2v) is 3.97. The van der Waals surface area contributed by atoms with E-state index in [1.165, 1.54) is 11.1 Å². The lowest BCUT2D eigenvalue weighted by Gasteiger charge is -2.15. The summed E-state index contributed by atoms with van der Waals surface area (Å²) in [5, 5.41) is 0. The molecule has 0 bridgehead atoms. The van der Waals surface area contributed by atoms with Crippen molar-refractivity contribution in [3.63, 3.8) is 0 Å². The van der Waals surface area contributed by atoms with Crippen LogP contribution < -0.4 is 4.74 Å². The lowest BCUT2D eigenvalue weighted by atomic mass is 10.1. The van der Waals surface area contributed by atoms with Gasteiger partial charge in [0.05, 0.1) is 20.2 Å². The zero-order chi connectivity index (χ0) is 11.0. The van der Waals surface area contributed by atoms with Crippen molar-refractivity contribution in [2.75, 3.05) is 20.3 Å². The van der Waals surface area contributed by atoms with Crippen molar-refractivity contribution >= 4 is 6.02 Å². The molecule has 16 heavy (non-hydrogen) atoms. The van der Waals surface area contributed by atoms with E-state index in [1.807, 2.05) is 12.1 Å². The number of amidine groups is 1. The van der Waals surface area contributed by atoms with Gasteiger partial charge in [0.2, 0.25) is 0 Å². The molecule has 2 aliphatic rings. The molecule has 0 aromatic heterocycles. The topological polar surface area (TPSA) is 34.1 Å². The van der Waals surface area contributed by atoms with Crippen LogP contribution in [0.15, 0.2) is 23.2 Å². The van der Waals surface area contributed by atoms with Crippen molar-refractivity contribution in [2.45, 2.75) is 13.1 Å². The lowest BCUT2D eigenvalue weighted by molar-refractivity contribution is 0.264. The fourth-order valence-electron chi connectivity index (χ4n) is 2.23. The third kappa shape index (κ3) is 1.41. The van der Waals surface area contributed by atoms with E-state index in [0.29, 0.717) is 6.61 Å². The molecular weight excluding hydrogens is 204 g/mol. The molecule has 0 aliphatic carbocycles. The van der Waals surface area contributed by atoms with E-state index < -0.39 is 0 Å². The van der Waals surface area contributed by atoms with Crippen LogP contribution in [0.5, 0.6) is 5.75 Å². The van der Waals surface area contributed by atoms with Gasteiger partial charge >= 0.3 is 0 Å². The number of benzene rings is 1. The first-order chi connectivity index (χ1) is 7.88. The van der Waals surface area contributed by atoms with Gasteiger partial charge in [-0.2, -0.15) is 0 Å². The maximum atomic E-state index is 5.48. The number of methoxy groups -OCH3 is 1. The van der Waals surface area contributed by atoms with Crippen molar-refractivity contribution in [1.82, 2.24) is 4.90 Å². The van der Waals surface area contributed by atoms with Crippen LogP contribution in [0.25, 0.3) is 0 Å². The van der Waals surface area contributed by atoms with Crippen LogP contribution >= 0.6 is 0 Å². The van der Waals surface area contributed by atoms with Gasteiger partial charge in [-0.1, -0.05) is 12.1 Å². The summed E-state index contributed by atoms with van der Waals surface area (Å²) in [6.07, 6.45) is 0. The van der Waals surface area contributed by atoms with Gasteiger partial charge in [-0.25, -0.2) is 4.99 Å². The van der Waals surface area contributed by atoms with Crippen LogP contribution in [0, 0.1) is 0 Å². The van der Waals surface area contributed by atoms with Gasteiger partial charge in [-0.15, -0.1) is 0 Å². The van der Waals surface area contributed by atoms with Crippen LogP contribution in [0.4, 0.5) is 0 Å². The quantitative estimate of drug-likeness (QED) is 0.714. The largest absolute Gasteiger partial charge is 0.496 e. The second-order valence-electron chi connectivity index (χ2n) is 3.97. The molecule has 2 heterocycles. The Hall–Kier alpha value is -1.71. The Morgan fingerprint density at radius 1 is 1.38 bits per heavy atom. The third-order valence-corrected chi connectivity index (χ3v) is 3.00. The van der Waals surface area contributed by atoms with Gasteiger partial charge in [0.1, 0.15) is 12.4 Å². The van der Waals surface area contributed by atoms with Gasteiger partial charge in [-0.3, -0.25) is 0 Å². The van der Waals surface area contributed by atoms with Crippen molar-refractivity contribution in [2.24, 2.45) is 4.99 Å². The summed E-state index contributed by atoms with van der Waals surface area (Å²) < 4.78 is 10.8. The average molecular weight is 218 g/mol. The van der Waals surface area contributed by atoms with Crippen LogP contribution in [0.2, 0.25) is 0 Å². The summed E-state index contributed by atoms with van der Waals surface area (Å²) in [6.45, 7) is 3.18. The second kappa shape index (κ2) is 3.70. The van der Waals surface area contributed by atoms with Gasteiger partial charge in [0.25, 0.3) is 6.02 Å². The summed E-state index contributed by atoms with van der Waals surface area (Å²) in [7, 11) is 1.71. The van der Waals surface area contributed by atoms with Crippen molar-refractivity contribution in [3.8, 4) is 5.75 Å². The first-order valence-corrected chi connectivity index (χ1v) is 5.45. The molecule has 0 amide bonds. The summed E-state index contributed by atoms with van der Waals surface area (Å²) in [4.78, 5) is 6.49. The highest BCUT2D eigenvalue weighted by atomic mass is 16.5. The molecule has 2 aliphatic heterocycles. The minimum atomic E-state index is 0.708. The molecule has 1 aromatic carbocycles. The number of fused-ring (bicyclic) bond motifs is 1. The van der Waals surface area contributed by atoms with E-state index in [-0.39, 0.29) is 0 Å². The molecule has 0 unspecified atom stereocenters. The van der Waals surface area contributed by atoms with E-state index in [9.17, 15) is 0 Å². The fourth-order valence-corrected chi connectivity index (χ4v) is 2.23. The highest BCUT2D eigenvalue weighted by molar-refractivity contribution is 5.76. The van der Waals surface area contributed by atoms with Crippen molar-refractivity contribution in [3.05, 3.63) is 29.3 Å². The Balaban J connectivity index is 1.88. The number of aliphatic imine (C=N–C) groups is 1. The van der Waals surface area contributed by atoms with Crippen LogP contribution in [0.1, 0.15) is 11.1 Å². The van der Waals surface area contributed by atoms with Crippen molar-refractivity contribution in [1.29, 1.82) is 0 Å². The van der Waals surface area contributed by atoms with E-state index in [2.05, 4.69) is 16.0 Å². The summed E-state index contributed by atoms with van der Waals surface area (Å²) in [5.41, 5.74) is 2.56. The molecule has 0 saturated heterocycles. The first-order valence-electron chi connectivity index (χ1n) is 5.45. The standard InChI is InChI=1S/C12H14N2O2/c1-15-11-4-2-3-9-7-14(8-10(9)11)12-13-5-6-16-12/h2-4H,5-8H2,1H3. The number of hydrogen-bond acceptors (Lipinski definition) is 4. The van der Waals surface area contributed by atoms with Crippen LogP contribution in [-0.4, -0.2) is 31.2 Å². The highest BCUT2D eigenvalue weighted by Gasteiger charge is 2.26. The number of ether oxygens (including phenoxy) is 2. The van der Waals surface area contributed by atoms with E-state index in [1.54, 1.807) is 7.11 Å². The van der Waals surface area contributed by atoms with Gasteiger partial charge < -0.3 is 14.4 Å². The molecule has 3 rings (SSSR count). The normalized spacial score (nSPS) is 18.1. The average Bonchev–Trinajstić information content (AvgIpc) is 2.96. The Labute approximate surface area is 94.5 Å². The molecule has 0 fully saturated rings. The summed E-state index contributed by atoms with van der Waals surface area (Å²) in [6, 6.07) is 6.93. The van der Waals surface area contributed by atoms with E-state index >= 15 is 0 Å². The molecule has 0 N–H and O–H groups in total. The maximum Gasteiger partial charge on any atom is 0.288 e. The third-order valence-electron chi connectivity index (χ3n) is 3.00. The number of hydrogen-bond donors (Lipinski definition) is 0. The predicted octanol–water partition coefficient (Wildman–Crippen LogP) is 1.40. The molecule has 0 saturated carbocycles. The maximum absolute atomic E-state index is 5.48. The van der Waals surface area contributed by atoms with E-state index in [4.69, 9.17) is 9.47 Å². The van der Waals surface area contributed by atoms with Gasteiger partial charge in [0.15, 0.2) is 0 Å². The molecule has 0 spiro atoms. The van der Waals surface area contributed by atoms with Crippen molar-refractivity contribution < 1.29 is 9.47 Å². The molecule has 84 valence electrons. The molecule has 1 aromatic rings. The summed E-state index contributed by atoms with van der Waals surface area (Å²) >= 11 is 0. The number of rotatable bonds is 1. The number of nitrogens with zero attached hydrogens (tertiary/aromatic N) is 2. The Kier molecular flexibility index (Phi) is 2.20. The molecule has 0 atom stereocenters. The molecule has 0 radical (unpaired) electrons. The highest BCUT2D eigenvalue weighted by Crippen LogP contribution is 2.31. The Morgan fingerprint density at radius 2 is 2.31 bits per heavy atom. The molecule has 4 nitrogen and oxygen atoms in total. The Morgan fingerprint density at radius 3 is 3.06 bits per heavy atom. The minimum absolute atomic E-state index is 0.708. The monoisotopic (exact) mass is 218 g/mol. The van der Waals surface area contributed by atoms with Gasteiger partial charge in [0, 0.05) is 12.1 Å². The first kappa shape index (κ1) is 9.51.